The zero-order valence-corrected chi connectivity index (χ0v) is 23.7. The largest absolute Gasteiger partial charge is 0.416 e. The lowest BCUT2D eigenvalue weighted by atomic mass is 9.84. The van der Waals surface area contributed by atoms with E-state index in [4.69, 9.17) is 11.3 Å². The molecular formula is C30H28F3N7O2S. The molecule has 0 bridgehead atoms. The van der Waals surface area contributed by atoms with Crippen LogP contribution in [0.5, 0.6) is 0 Å². The first-order valence-corrected chi connectivity index (χ1v) is 14.4. The third-order valence-corrected chi connectivity index (χ3v) is 8.28. The van der Waals surface area contributed by atoms with E-state index in [1.54, 1.807) is 12.1 Å². The molecule has 3 amide bonds. The van der Waals surface area contributed by atoms with Gasteiger partial charge in [-0.3, -0.25) is 15.0 Å². The number of benzene rings is 3. The van der Waals surface area contributed by atoms with Crippen LogP contribution in [-0.2, 0) is 12.7 Å². The van der Waals surface area contributed by atoms with Gasteiger partial charge in [0.1, 0.15) is 0 Å². The van der Waals surface area contributed by atoms with E-state index in [0.29, 0.717) is 21.9 Å². The van der Waals surface area contributed by atoms with Gasteiger partial charge < -0.3 is 5.73 Å². The highest BCUT2D eigenvalue weighted by Gasteiger charge is 2.31. The van der Waals surface area contributed by atoms with E-state index >= 15 is 0 Å². The molecule has 1 aromatic heterocycles. The number of aromatic nitrogens is 1. The summed E-state index contributed by atoms with van der Waals surface area (Å²) < 4.78 is 40.0. The summed E-state index contributed by atoms with van der Waals surface area (Å²) in [5.74, 6) is -0.630. The van der Waals surface area contributed by atoms with Crippen molar-refractivity contribution in [3.05, 3.63) is 89.0 Å². The summed E-state index contributed by atoms with van der Waals surface area (Å²) in [6.07, 6.45) is 1.40. The van der Waals surface area contributed by atoms with E-state index in [0.717, 1.165) is 36.3 Å². The van der Waals surface area contributed by atoms with Gasteiger partial charge in [-0.15, -0.1) is 5.11 Å². The lowest BCUT2D eigenvalue weighted by Crippen LogP contribution is -2.34. The lowest BCUT2D eigenvalue weighted by Gasteiger charge is -2.25. The number of guanidine groups is 1. The van der Waals surface area contributed by atoms with Gasteiger partial charge >= 0.3 is 12.2 Å². The normalized spacial score (nSPS) is 14.4. The molecule has 4 aromatic rings. The van der Waals surface area contributed by atoms with E-state index in [1.807, 2.05) is 24.3 Å². The van der Waals surface area contributed by atoms with E-state index < -0.39 is 29.6 Å². The SMILES string of the molecule is N=NC(N)=NC(=O)c1ccc(CN(C(=O)Nc2nc3cc(C(F)(F)F)ccc3s2)c2ccc(C3CCCCC3)cc2)cc1. The number of amides is 3. The van der Waals surface area contributed by atoms with Crippen LogP contribution < -0.4 is 16.0 Å². The van der Waals surface area contributed by atoms with Gasteiger partial charge in [0.05, 0.1) is 22.3 Å². The maximum Gasteiger partial charge on any atom is 0.416 e. The van der Waals surface area contributed by atoms with Crippen molar-refractivity contribution >= 4 is 50.3 Å². The Balaban J connectivity index is 1.40. The number of nitrogens with one attached hydrogen (secondary N) is 2. The molecule has 1 aliphatic carbocycles. The maximum absolute atomic E-state index is 13.6. The molecule has 5 rings (SSSR count). The van der Waals surface area contributed by atoms with Gasteiger partial charge in [0.25, 0.3) is 5.91 Å². The quantitative estimate of drug-likeness (QED) is 0.116. The highest BCUT2D eigenvalue weighted by atomic mass is 32.1. The number of nitrogens with two attached hydrogens (primary N) is 1. The molecule has 9 nitrogen and oxygen atoms in total. The molecule has 13 heteroatoms. The van der Waals surface area contributed by atoms with Crippen molar-refractivity contribution in [2.24, 2.45) is 15.8 Å². The molecular weight excluding hydrogens is 579 g/mol. The fourth-order valence-electron chi connectivity index (χ4n) is 5.09. The molecule has 0 aliphatic heterocycles. The van der Waals surface area contributed by atoms with Gasteiger partial charge in [0.2, 0.25) is 5.96 Å². The number of rotatable bonds is 6. The van der Waals surface area contributed by atoms with Crippen molar-refractivity contribution in [1.29, 1.82) is 5.53 Å². The van der Waals surface area contributed by atoms with Gasteiger partial charge in [0, 0.05) is 11.3 Å². The summed E-state index contributed by atoms with van der Waals surface area (Å²) in [6.45, 7) is 0.125. The number of anilines is 2. The van der Waals surface area contributed by atoms with Gasteiger partial charge in [-0.2, -0.15) is 18.2 Å². The topological polar surface area (TPSA) is 137 Å². The van der Waals surface area contributed by atoms with Crippen molar-refractivity contribution in [3.8, 4) is 0 Å². The molecule has 0 unspecified atom stereocenters. The van der Waals surface area contributed by atoms with Crippen LogP contribution >= 0.6 is 11.3 Å². The van der Waals surface area contributed by atoms with Crippen molar-refractivity contribution in [2.75, 3.05) is 10.2 Å². The summed E-state index contributed by atoms with van der Waals surface area (Å²) in [5, 5.41) is 5.82. The number of urea groups is 1. The number of carbonyl (C=O) groups is 2. The summed E-state index contributed by atoms with van der Waals surface area (Å²) >= 11 is 1.08. The van der Waals surface area contributed by atoms with Crippen LogP contribution in [0.2, 0.25) is 0 Å². The maximum atomic E-state index is 13.6. The highest BCUT2D eigenvalue weighted by Crippen LogP contribution is 2.35. The van der Waals surface area contributed by atoms with Crippen molar-refractivity contribution in [2.45, 2.75) is 50.7 Å². The first-order chi connectivity index (χ1) is 20.6. The summed E-state index contributed by atoms with van der Waals surface area (Å²) in [7, 11) is 0. The molecule has 222 valence electrons. The predicted octanol–water partition coefficient (Wildman–Crippen LogP) is 8.09. The Morgan fingerprint density at radius 3 is 2.37 bits per heavy atom. The summed E-state index contributed by atoms with van der Waals surface area (Å²) in [6, 6.07) is 17.0. The molecule has 43 heavy (non-hydrogen) atoms. The zero-order chi connectivity index (χ0) is 30.6. The Bertz CT molecular complexity index is 1660. The standard InChI is InChI=1S/C30H28F3N7O2S/c31-30(32,33)22-12-15-25-24(16-22)36-28(43-25)38-29(42)40(23-13-10-20(11-14-23)19-4-2-1-3-5-19)17-18-6-8-21(9-7-18)26(41)37-27(34)39-35/h6-16,19,35H,1-5,17H2,(H2,34,37,41)(H,36,38,42). The first kappa shape index (κ1) is 29.8. The van der Waals surface area contributed by atoms with Gasteiger partial charge in [0.15, 0.2) is 5.13 Å². The number of nitrogens with zero attached hydrogens (tertiary/aromatic N) is 4. The number of hydrogen-bond donors (Lipinski definition) is 3. The number of halogens is 3. The second-order valence-electron chi connectivity index (χ2n) is 10.2. The molecule has 1 fully saturated rings. The van der Waals surface area contributed by atoms with E-state index in [-0.39, 0.29) is 22.8 Å². The number of hydrogen-bond acceptors (Lipinski definition) is 5. The molecule has 0 atom stereocenters. The van der Waals surface area contributed by atoms with Crippen LogP contribution in [0.1, 0.15) is 65.1 Å². The number of aliphatic imine (C=N–C) groups is 1. The monoisotopic (exact) mass is 607 g/mol. The Labute approximate surface area is 249 Å². The minimum absolute atomic E-state index is 0.125. The van der Waals surface area contributed by atoms with Crippen LogP contribution in [0, 0.1) is 5.53 Å². The Morgan fingerprint density at radius 2 is 1.72 bits per heavy atom. The fraction of sp³-hybridized carbons (Fsp3) is 0.267. The number of alkyl halides is 3. The van der Waals surface area contributed by atoms with E-state index in [1.165, 1.54) is 47.9 Å². The molecule has 1 aliphatic rings. The van der Waals surface area contributed by atoms with Gasteiger partial charge in [-0.05, 0) is 72.4 Å². The molecule has 4 N–H and O–H groups in total. The van der Waals surface area contributed by atoms with Crippen LogP contribution in [0.15, 0.2) is 76.8 Å². The van der Waals surface area contributed by atoms with Crippen LogP contribution in [0.25, 0.3) is 10.2 Å². The molecule has 0 radical (unpaired) electrons. The van der Waals surface area contributed by atoms with E-state index in [9.17, 15) is 22.8 Å². The summed E-state index contributed by atoms with van der Waals surface area (Å²) in [5.41, 5.74) is 14.3. The van der Waals surface area contributed by atoms with Crippen molar-refractivity contribution in [3.63, 3.8) is 0 Å². The first-order valence-electron chi connectivity index (χ1n) is 13.6. The number of carbonyl (C=O) groups excluding carboxylic acids is 2. The van der Waals surface area contributed by atoms with E-state index in [2.05, 4.69) is 20.4 Å². The highest BCUT2D eigenvalue weighted by molar-refractivity contribution is 7.22. The number of thiazole rings is 1. The average molecular weight is 608 g/mol. The second-order valence-corrected chi connectivity index (χ2v) is 11.3. The predicted molar refractivity (Wildman–Crippen MR) is 160 cm³/mol. The minimum Gasteiger partial charge on any atom is -0.366 e. The molecule has 1 saturated carbocycles. The van der Waals surface area contributed by atoms with Gasteiger partial charge in [-0.25, -0.2) is 15.3 Å². The van der Waals surface area contributed by atoms with Crippen molar-refractivity contribution < 1.29 is 22.8 Å². The minimum atomic E-state index is -4.50. The van der Waals surface area contributed by atoms with Gasteiger partial charge in [-0.1, -0.05) is 54.9 Å². The van der Waals surface area contributed by atoms with Crippen molar-refractivity contribution in [1.82, 2.24) is 4.98 Å². The molecule has 1 heterocycles. The van der Waals surface area contributed by atoms with Crippen LogP contribution in [-0.4, -0.2) is 22.9 Å². The third-order valence-electron chi connectivity index (χ3n) is 7.33. The number of fused-ring (bicyclic) bond motifs is 1. The molecule has 3 aromatic carbocycles. The smallest absolute Gasteiger partial charge is 0.366 e. The Kier molecular flexibility index (Phi) is 8.81. The molecule has 0 spiro atoms. The third kappa shape index (κ3) is 7.23. The lowest BCUT2D eigenvalue weighted by molar-refractivity contribution is -0.137. The average Bonchev–Trinajstić information content (AvgIpc) is 3.41. The Morgan fingerprint density at radius 1 is 1.02 bits per heavy atom. The zero-order valence-electron chi connectivity index (χ0n) is 22.9. The second kappa shape index (κ2) is 12.7. The molecule has 0 saturated heterocycles. The van der Waals surface area contributed by atoms with Crippen LogP contribution in [0.3, 0.4) is 0 Å². The summed E-state index contributed by atoms with van der Waals surface area (Å²) in [4.78, 5) is 35.1. The van der Waals surface area contributed by atoms with Crippen LogP contribution in [0.4, 0.5) is 28.8 Å². The Hall–Kier alpha value is -4.65. The fourth-order valence-corrected chi connectivity index (χ4v) is 5.92.